The minimum atomic E-state index is -1.23. The molecule has 0 spiro atoms. The van der Waals surface area contributed by atoms with E-state index in [0.29, 0.717) is 5.69 Å². The van der Waals surface area contributed by atoms with Gasteiger partial charge in [-0.3, -0.25) is 14.4 Å². The van der Waals surface area contributed by atoms with Crippen molar-refractivity contribution in [2.24, 2.45) is 7.05 Å². The van der Waals surface area contributed by atoms with Crippen LogP contribution in [-0.2, 0) is 7.05 Å². The fourth-order valence-electron chi connectivity index (χ4n) is 1.92. The van der Waals surface area contributed by atoms with Gasteiger partial charge in [-0.05, 0) is 20.8 Å². The Balaban J connectivity index is 2.58. The molecule has 2 aromatic heterocycles. The van der Waals surface area contributed by atoms with Gasteiger partial charge in [0.25, 0.3) is 0 Å². The number of hydrogen-bond acceptors (Lipinski definition) is 4. The summed E-state index contributed by atoms with van der Waals surface area (Å²) in [6, 6.07) is 1.29. The Hall–Kier alpha value is -2.64. The monoisotopic (exact) mass is 291 g/mol. The van der Waals surface area contributed by atoms with Crippen LogP contribution in [0.4, 0.5) is 10.6 Å². The molecule has 2 aromatic rings. The number of rotatable bonds is 2. The summed E-state index contributed by atoms with van der Waals surface area (Å²) in [4.78, 5) is 24.4. The number of amides is 1. The van der Waals surface area contributed by atoms with E-state index < -0.39 is 17.1 Å². The molecule has 2 rings (SSSR count). The number of nitrogens with zero attached hydrogens (tertiary/aromatic N) is 5. The van der Waals surface area contributed by atoms with Crippen molar-refractivity contribution in [3.8, 4) is 5.69 Å². The number of hydrogen-bond donors (Lipinski definition) is 1. The van der Waals surface area contributed by atoms with Crippen molar-refractivity contribution < 1.29 is 9.90 Å². The van der Waals surface area contributed by atoms with Gasteiger partial charge >= 0.3 is 6.09 Å². The van der Waals surface area contributed by atoms with Gasteiger partial charge in [-0.15, -0.1) is 5.10 Å². The first-order valence-electron chi connectivity index (χ1n) is 6.32. The number of aryl methyl sites for hydroxylation is 1. The lowest BCUT2D eigenvalue weighted by Crippen LogP contribution is -2.48. The summed E-state index contributed by atoms with van der Waals surface area (Å²) < 4.78 is 3.01. The first kappa shape index (κ1) is 14.8. The second-order valence-corrected chi connectivity index (χ2v) is 5.61. The van der Waals surface area contributed by atoms with Gasteiger partial charge in [-0.2, -0.15) is 5.10 Å². The van der Waals surface area contributed by atoms with E-state index >= 15 is 0 Å². The van der Waals surface area contributed by atoms with Gasteiger partial charge in [0.05, 0.1) is 12.4 Å². The zero-order valence-electron chi connectivity index (χ0n) is 12.3. The highest BCUT2D eigenvalue weighted by Gasteiger charge is 2.31. The molecule has 2 heterocycles. The van der Waals surface area contributed by atoms with Crippen molar-refractivity contribution in [3.63, 3.8) is 0 Å². The van der Waals surface area contributed by atoms with Crippen molar-refractivity contribution in [1.29, 1.82) is 0 Å². The number of carbonyl (C=O) groups is 1. The van der Waals surface area contributed by atoms with Crippen LogP contribution in [0.15, 0.2) is 29.5 Å². The molecule has 1 amide bonds. The Bertz CT molecular complexity index is 726. The van der Waals surface area contributed by atoms with Crippen LogP contribution >= 0.6 is 0 Å². The van der Waals surface area contributed by atoms with E-state index in [4.69, 9.17) is 0 Å². The number of carboxylic acid groups (broad SMARTS) is 1. The lowest BCUT2D eigenvalue weighted by molar-refractivity contribution is 0.195. The van der Waals surface area contributed by atoms with Gasteiger partial charge in [0, 0.05) is 24.8 Å². The molecule has 0 bridgehead atoms. The van der Waals surface area contributed by atoms with E-state index in [9.17, 15) is 14.7 Å². The van der Waals surface area contributed by atoms with Crippen LogP contribution < -0.4 is 10.3 Å². The summed E-state index contributed by atoms with van der Waals surface area (Å²) in [6.07, 6.45) is 3.54. The summed E-state index contributed by atoms with van der Waals surface area (Å²) in [5, 5.41) is 17.5. The van der Waals surface area contributed by atoms with E-state index in [1.54, 1.807) is 44.9 Å². The van der Waals surface area contributed by atoms with Gasteiger partial charge in [0.2, 0.25) is 11.2 Å². The van der Waals surface area contributed by atoms with Crippen LogP contribution in [0.5, 0.6) is 0 Å². The Labute approximate surface area is 121 Å². The second kappa shape index (κ2) is 5.04. The lowest BCUT2D eigenvalue weighted by atomic mass is 10.1. The molecule has 0 aliphatic heterocycles. The van der Waals surface area contributed by atoms with E-state index in [0.717, 1.165) is 4.90 Å². The van der Waals surface area contributed by atoms with Crippen molar-refractivity contribution in [1.82, 2.24) is 19.6 Å². The molecule has 8 nitrogen and oxygen atoms in total. The van der Waals surface area contributed by atoms with Gasteiger partial charge in [-0.1, -0.05) is 0 Å². The molecule has 0 saturated heterocycles. The van der Waals surface area contributed by atoms with Gasteiger partial charge in [0.1, 0.15) is 5.69 Å². The summed E-state index contributed by atoms with van der Waals surface area (Å²) in [5.41, 5.74) is -0.600. The normalized spacial score (nSPS) is 11.4. The van der Waals surface area contributed by atoms with E-state index in [1.807, 2.05) is 0 Å². The third-order valence-corrected chi connectivity index (χ3v) is 2.82. The third-order valence-electron chi connectivity index (χ3n) is 2.82. The summed E-state index contributed by atoms with van der Waals surface area (Å²) in [6.45, 7) is 5.09. The summed E-state index contributed by atoms with van der Waals surface area (Å²) in [7, 11) is 1.76. The quantitative estimate of drug-likeness (QED) is 0.898. The highest BCUT2D eigenvalue weighted by Crippen LogP contribution is 2.19. The maximum absolute atomic E-state index is 12.0. The Kier molecular flexibility index (Phi) is 3.54. The van der Waals surface area contributed by atoms with Crippen molar-refractivity contribution in [2.75, 3.05) is 4.90 Å². The zero-order chi connectivity index (χ0) is 15.8. The van der Waals surface area contributed by atoms with Crippen molar-refractivity contribution in [3.05, 3.63) is 34.9 Å². The Morgan fingerprint density at radius 1 is 1.38 bits per heavy atom. The largest absolute Gasteiger partial charge is 0.465 e. The molecular weight excluding hydrogens is 274 g/mol. The van der Waals surface area contributed by atoms with Crippen LogP contribution in [0.25, 0.3) is 5.69 Å². The highest BCUT2D eigenvalue weighted by atomic mass is 16.4. The summed E-state index contributed by atoms with van der Waals surface area (Å²) >= 11 is 0. The zero-order valence-corrected chi connectivity index (χ0v) is 12.3. The minimum Gasteiger partial charge on any atom is -0.465 e. The molecule has 0 fully saturated rings. The predicted octanol–water partition coefficient (Wildman–Crippen LogP) is 1.25. The molecular formula is C13H17N5O3. The van der Waals surface area contributed by atoms with E-state index in [2.05, 4.69) is 10.2 Å². The molecule has 21 heavy (non-hydrogen) atoms. The molecule has 0 saturated carbocycles. The summed E-state index contributed by atoms with van der Waals surface area (Å²) in [5.74, 6) is -0.138. The smallest absolute Gasteiger partial charge is 0.413 e. The third kappa shape index (κ3) is 2.93. The minimum absolute atomic E-state index is 0.138. The average molecular weight is 291 g/mol. The van der Waals surface area contributed by atoms with E-state index in [1.165, 1.54) is 16.9 Å². The van der Waals surface area contributed by atoms with Crippen LogP contribution in [0.1, 0.15) is 20.8 Å². The fourth-order valence-corrected chi connectivity index (χ4v) is 1.92. The second-order valence-electron chi connectivity index (χ2n) is 5.61. The molecule has 0 aliphatic carbocycles. The number of aromatic nitrogens is 4. The molecule has 0 radical (unpaired) electrons. The van der Waals surface area contributed by atoms with Crippen molar-refractivity contribution >= 4 is 11.9 Å². The van der Waals surface area contributed by atoms with Crippen molar-refractivity contribution in [2.45, 2.75) is 26.3 Å². The molecule has 112 valence electrons. The average Bonchev–Trinajstić information content (AvgIpc) is 2.76. The Morgan fingerprint density at radius 3 is 2.52 bits per heavy atom. The van der Waals surface area contributed by atoms with E-state index in [-0.39, 0.29) is 5.82 Å². The van der Waals surface area contributed by atoms with Crippen LogP contribution in [0.3, 0.4) is 0 Å². The first-order chi connectivity index (χ1) is 9.70. The van der Waals surface area contributed by atoms with Crippen LogP contribution in [0.2, 0.25) is 0 Å². The van der Waals surface area contributed by atoms with Crippen LogP contribution in [-0.4, -0.2) is 36.3 Å². The van der Waals surface area contributed by atoms with Gasteiger partial charge in [-0.25, -0.2) is 9.48 Å². The highest BCUT2D eigenvalue weighted by molar-refractivity contribution is 5.86. The van der Waals surface area contributed by atoms with Gasteiger partial charge in [0.15, 0.2) is 0 Å². The first-order valence-corrected chi connectivity index (χ1v) is 6.32. The topological polar surface area (TPSA) is 93.2 Å². The molecule has 0 unspecified atom stereocenters. The standard InChI is InChI=1S/C13H17N5O3/c1-13(2,3)18(12(20)21)11-10(19)5-6-17(15-11)9-7-14-16(4)8-9/h5-8H,1-4H3,(H,20,21). The SMILES string of the molecule is Cn1cc(-n2ccc(=O)c(N(C(=O)O)C(C)(C)C)n2)cn1. The molecule has 8 heteroatoms. The fraction of sp³-hybridized carbons (Fsp3) is 0.385. The Morgan fingerprint density at radius 2 is 2.05 bits per heavy atom. The molecule has 1 N–H and O–H groups in total. The maximum Gasteiger partial charge on any atom is 0.413 e. The van der Waals surface area contributed by atoms with Gasteiger partial charge < -0.3 is 5.11 Å². The number of anilines is 1. The molecule has 0 atom stereocenters. The predicted molar refractivity (Wildman–Crippen MR) is 76.9 cm³/mol. The molecule has 0 aliphatic rings. The van der Waals surface area contributed by atoms with Crippen LogP contribution in [0, 0.1) is 0 Å². The lowest BCUT2D eigenvalue weighted by Gasteiger charge is -2.31. The maximum atomic E-state index is 12.0. The molecule has 0 aromatic carbocycles.